The van der Waals surface area contributed by atoms with Gasteiger partial charge in [-0.3, -0.25) is 37.3 Å². The van der Waals surface area contributed by atoms with Crippen LogP contribution >= 0.6 is 15.6 Å². The number of aliphatic hydroxyl groups is 1. The van der Waals surface area contributed by atoms with Crippen LogP contribution in [0.1, 0.15) is 330 Å². The summed E-state index contributed by atoms with van der Waals surface area (Å²) in [6.45, 7) is 7.07. The van der Waals surface area contributed by atoms with Crippen LogP contribution in [0.15, 0.2) is 0 Å². The second-order valence-corrected chi connectivity index (χ2v) is 26.7. The Morgan fingerprint density at radius 2 is 0.571 bits per heavy atom. The van der Waals surface area contributed by atoms with Gasteiger partial charge < -0.3 is 33.8 Å². The molecular weight excluding hydrogens is 1110 g/mol. The predicted octanol–water partition coefficient (Wildman–Crippen LogP) is 18.2. The molecule has 0 aliphatic carbocycles. The molecule has 0 radical (unpaired) electrons. The molecule has 0 aromatic rings. The monoisotopic (exact) mass is 1240 g/mol. The lowest BCUT2D eigenvalue weighted by Crippen LogP contribution is -2.30. The van der Waals surface area contributed by atoms with Crippen molar-refractivity contribution in [2.75, 3.05) is 39.6 Å². The first-order valence-corrected chi connectivity index (χ1v) is 37.2. The minimum absolute atomic E-state index is 0.102. The van der Waals surface area contributed by atoms with E-state index in [0.717, 1.165) is 102 Å². The number of hydrogen-bond acceptors (Lipinski definition) is 15. The van der Waals surface area contributed by atoms with Gasteiger partial charge in [-0.05, 0) is 31.6 Å². The number of carbonyl (C=O) groups is 4. The first kappa shape index (κ1) is 82.1. The van der Waals surface area contributed by atoms with Crippen molar-refractivity contribution in [3.63, 3.8) is 0 Å². The van der Waals surface area contributed by atoms with Crippen molar-refractivity contribution in [3.8, 4) is 0 Å². The van der Waals surface area contributed by atoms with E-state index in [0.29, 0.717) is 25.7 Å². The van der Waals surface area contributed by atoms with Gasteiger partial charge in [0.25, 0.3) is 0 Å². The molecule has 0 aliphatic rings. The molecule has 0 fully saturated rings. The van der Waals surface area contributed by atoms with Gasteiger partial charge in [-0.1, -0.05) is 279 Å². The summed E-state index contributed by atoms with van der Waals surface area (Å²) in [6, 6.07) is 0. The average molecular weight is 1240 g/mol. The molecule has 0 heterocycles. The molecule has 0 rings (SSSR count). The highest BCUT2D eigenvalue weighted by molar-refractivity contribution is 7.47. The Hall–Kier alpha value is -1.94. The number of carbonyl (C=O) groups excluding carboxylic acids is 4. The third-order valence-electron chi connectivity index (χ3n) is 15.4. The first-order valence-electron chi connectivity index (χ1n) is 34.2. The highest BCUT2D eigenvalue weighted by Gasteiger charge is 2.30. The Bertz CT molecular complexity index is 1640. The quantitative estimate of drug-likeness (QED) is 0.0222. The number of aliphatic hydroxyl groups excluding tert-OH is 1. The summed E-state index contributed by atoms with van der Waals surface area (Å²) in [6.07, 6.45) is 43.4. The first-order chi connectivity index (χ1) is 40.6. The molecule has 17 nitrogen and oxygen atoms in total. The van der Waals surface area contributed by atoms with Gasteiger partial charge in [0.15, 0.2) is 12.2 Å². The van der Waals surface area contributed by atoms with Gasteiger partial charge in [0.1, 0.15) is 19.3 Å². The molecule has 0 aliphatic heterocycles. The molecule has 6 atom stereocenters. The van der Waals surface area contributed by atoms with E-state index in [9.17, 15) is 43.2 Å². The van der Waals surface area contributed by atoms with Crippen molar-refractivity contribution >= 4 is 39.5 Å². The molecule has 3 N–H and O–H groups in total. The van der Waals surface area contributed by atoms with E-state index in [4.69, 9.17) is 37.0 Å². The third kappa shape index (κ3) is 57.8. The molecule has 0 saturated carbocycles. The van der Waals surface area contributed by atoms with Crippen LogP contribution in [0.3, 0.4) is 0 Å². The number of phosphoric acid groups is 2. The van der Waals surface area contributed by atoms with Crippen molar-refractivity contribution in [1.29, 1.82) is 0 Å². The second kappa shape index (κ2) is 58.7. The summed E-state index contributed by atoms with van der Waals surface area (Å²) in [4.78, 5) is 72.0. The Balaban J connectivity index is 5.17. The molecule has 0 bridgehead atoms. The zero-order valence-electron chi connectivity index (χ0n) is 54.0. The normalized spacial score (nSPS) is 14.5. The van der Waals surface area contributed by atoms with Gasteiger partial charge in [0.2, 0.25) is 0 Å². The number of ether oxygens (including phenoxy) is 4. The van der Waals surface area contributed by atoms with Crippen LogP contribution in [0, 0.1) is 5.92 Å². The van der Waals surface area contributed by atoms with Crippen molar-refractivity contribution in [3.05, 3.63) is 0 Å². The van der Waals surface area contributed by atoms with Gasteiger partial charge in [0.05, 0.1) is 26.4 Å². The summed E-state index contributed by atoms with van der Waals surface area (Å²) in [5.74, 6) is -1.42. The van der Waals surface area contributed by atoms with E-state index in [-0.39, 0.29) is 25.7 Å². The summed E-state index contributed by atoms with van der Waals surface area (Å²) in [5.41, 5.74) is 0. The molecule has 0 aromatic heterocycles. The van der Waals surface area contributed by atoms with Crippen molar-refractivity contribution in [2.24, 2.45) is 5.92 Å². The average Bonchev–Trinajstić information content (AvgIpc) is 3.58. The van der Waals surface area contributed by atoms with E-state index < -0.39 is 97.5 Å². The number of rotatable bonds is 65. The Kier molecular flexibility index (Phi) is 57.4. The second-order valence-electron chi connectivity index (χ2n) is 23.7. The zero-order chi connectivity index (χ0) is 62.0. The maximum atomic E-state index is 13.0. The molecule has 0 saturated heterocycles. The smallest absolute Gasteiger partial charge is 0.462 e. The molecule has 3 unspecified atom stereocenters. The highest BCUT2D eigenvalue weighted by atomic mass is 31.2. The Morgan fingerprint density at radius 3 is 0.845 bits per heavy atom. The number of esters is 4. The zero-order valence-corrected chi connectivity index (χ0v) is 55.8. The SMILES string of the molecule is CCCCCCCCCCCCCCCCCC(=O)O[C@H](COC(=O)CCCCCCCCCCCCCCCC)COP(=O)(O)OC[C@@H](O)COP(=O)(O)OC[C@@H](COC(=O)CCCCCCC)OC(=O)CCCCCCCCC(C)CC. The minimum Gasteiger partial charge on any atom is -0.462 e. The topological polar surface area (TPSA) is 237 Å². The fraction of sp³-hybridized carbons (Fsp3) is 0.938. The van der Waals surface area contributed by atoms with Crippen molar-refractivity contribution in [2.45, 2.75) is 348 Å². The number of phosphoric ester groups is 2. The van der Waals surface area contributed by atoms with Gasteiger partial charge in [-0.25, -0.2) is 9.13 Å². The van der Waals surface area contributed by atoms with E-state index >= 15 is 0 Å². The van der Waals surface area contributed by atoms with Crippen LogP contribution in [0.25, 0.3) is 0 Å². The van der Waals surface area contributed by atoms with E-state index in [1.54, 1.807) is 0 Å². The van der Waals surface area contributed by atoms with Gasteiger partial charge >= 0.3 is 39.5 Å². The molecule has 498 valence electrons. The van der Waals surface area contributed by atoms with Gasteiger partial charge in [-0.2, -0.15) is 0 Å². The summed E-state index contributed by atoms with van der Waals surface area (Å²) in [7, 11) is -9.88. The molecule has 0 aromatic carbocycles. The summed E-state index contributed by atoms with van der Waals surface area (Å²) in [5, 5.41) is 10.5. The Morgan fingerprint density at radius 1 is 0.333 bits per heavy atom. The summed E-state index contributed by atoms with van der Waals surface area (Å²) < 4.78 is 67.9. The van der Waals surface area contributed by atoms with Crippen molar-refractivity contribution in [1.82, 2.24) is 0 Å². The molecule has 84 heavy (non-hydrogen) atoms. The van der Waals surface area contributed by atoms with Crippen LogP contribution in [0.5, 0.6) is 0 Å². The van der Waals surface area contributed by atoms with Crippen LogP contribution in [-0.4, -0.2) is 96.7 Å². The van der Waals surface area contributed by atoms with E-state index in [1.807, 2.05) is 0 Å². The largest absolute Gasteiger partial charge is 0.472 e. The van der Waals surface area contributed by atoms with Crippen LogP contribution in [-0.2, 0) is 65.4 Å². The molecule has 0 spiro atoms. The fourth-order valence-electron chi connectivity index (χ4n) is 9.73. The lowest BCUT2D eigenvalue weighted by atomic mass is 10.00. The van der Waals surface area contributed by atoms with Gasteiger partial charge in [-0.15, -0.1) is 0 Å². The Labute approximate surface area is 511 Å². The standard InChI is InChI=1S/C65H126O17P2/c1-6-10-13-16-18-20-22-24-26-28-30-32-34-40-45-50-64(69)81-61(55-76-63(68)49-44-39-33-31-29-27-25-23-21-19-17-14-11-7-2)57-80-84(73,74)78-53-59(66)52-77-83(71,72)79-56-60(54-75-62(67)48-43-37-15-12-8-3)82-65(70)51-46-41-36-35-38-42-47-58(5)9-4/h58-61,66H,6-57H2,1-5H3,(H,71,72)(H,73,74)/t58?,59-,60+,61+/m0/s1. The fourth-order valence-corrected chi connectivity index (χ4v) is 11.3. The third-order valence-corrected chi connectivity index (χ3v) is 17.3. The maximum absolute atomic E-state index is 13.0. The number of hydrogen-bond donors (Lipinski definition) is 3. The molecule has 19 heteroatoms. The van der Waals surface area contributed by atoms with Crippen molar-refractivity contribution < 1.29 is 80.2 Å². The predicted molar refractivity (Wildman–Crippen MR) is 335 cm³/mol. The molecule has 0 amide bonds. The van der Waals surface area contributed by atoms with Gasteiger partial charge in [0, 0.05) is 25.7 Å². The maximum Gasteiger partial charge on any atom is 0.472 e. The minimum atomic E-state index is -4.94. The van der Waals surface area contributed by atoms with Crippen LogP contribution in [0.2, 0.25) is 0 Å². The van der Waals surface area contributed by atoms with Crippen LogP contribution in [0.4, 0.5) is 0 Å². The highest BCUT2D eigenvalue weighted by Crippen LogP contribution is 2.45. The lowest BCUT2D eigenvalue weighted by Gasteiger charge is -2.21. The molecular formula is C65H126O17P2. The van der Waals surface area contributed by atoms with E-state index in [2.05, 4.69) is 34.6 Å². The summed E-state index contributed by atoms with van der Waals surface area (Å²) >= 11 is 0. The van der Waals surface area contributed by atoms with E-state index in [1.165, 1.54) is 148 Å². The lowest BCUT2D eigenvalue weighted by molar-refractivity contribution is -0.161. The number of unbranched alkanes of at least 4 members (excludes halogenated alkanes) is 36. The van der Waals surface area contributed by atoms with Crippen LogP contribution < -0.4 is 0 Å².